The largest absolute Gasteiger partial charge is 0.493 e. The summed E-state index contributed by atoms with van der Waals surface area (Å²) in [5.41, 5.74) is 0.693. The molecule has 7 nitrogen and oxygen atoms in total. The van der Waals surface area contributed by atoms with Crippen LogP contribution in [0.2, 0.25) is 0 Å². The first kappa shape index (κ1) is 18.1. The molecule has 1 fully saturated rings. The molecule has 132 valence electrons. The van der Waals surface area contributed by atoms with Crippen molar-refractivity contribution in [1.29, 1.82) is 0 Å². The van der Waals surface area contributed by atoms with Crippen molar-refractivity contribution < 1.29 is 27.4 Å². The molecule has 8 heteroatoms. The summed E-state index contributed by atoms with van der Waals surface area (Å²) in [6, 6.07) is 3.10. The number of sulfone groups is 1. The minimum atomic E-state index is -3.02. The monoisotopic (exact) mass is 355 g/mol. The van der Waals surface area contributed by atoms with E-state index in [0.717, 1.165) is 0 Å². The lowest BCUT2D eigenvalue weighted by Crippen LogP contribution is -2.34. The fourth-order valence-electron chi connectivity index (χ4n) is 2.53. The van der Waals surface area contributed by atoms with Gasteiger partial charge in [0.05, 0.1) is 32.8 Å². The molecule has 1 aliphatic rings. The number of carbonyl (C=O) groups is 1. The van der Waals surface area contributed by atoms with E-state index >= 15 is 0 Å². The molecule has 1 heterocycles. The van der Waals surface area contributed by atoms with Gasteiger partial charge >= 0.3 is 0 Å². The molecule has 0 radical (unpaired) electrons. The molecule has 0 aromatic heterocycles. The van der Waals surface area contributed by atoms with E-state index in [1.165, 1.54) is 27.4 Å². The molecule has 1 saturated heterocycles. The van der Waals surface area contributed by atoms with E-state index in [1.807, 2.05) is 0 Å². The Morgan fingerprint density at radius 2 is 1.79 bits per heavy atom. The van der Waals surface area contributed by atoms with E-state index in [0.29, 0.717) is 29.2 Å². The van der Waals surface area contributed by atoms with E-state index in [-0.39, 0.29) is 23.5 Å². The Morgan fingerprint density at radius 3 is 2.25 bits per heavy atom. The van der Waals surface area contributed by atoms with Crippen molar-refractivity contribution >= 4 is 21.8 Å². The molecule has 2 rings (SSSR count). The van der Waals surface area contributed by atoms with Crippen molar-refractivity contribution in [2.45, 2.75) is 12.5 Å². The average Bonchev–Trinajstić information content (AvgIpc) is 2.90. The zero-order valence-corrected chi connectivity index (χ0v) is 14.7. The minimum absolute atomic E-state index is 0.00321. The average molecular weight is 355 g/mol. The van der Waals surface area contributed by atoms with Gasteiger partial charge in [-0.3, -0.25) is 4.79 Å². The summed E-state index contributed by atoms with van der Waals surface area (Å²) >= 11 is 0. The Labute approximate surface area is 141 Å². The standard InChI is InChI=1S/C16H21NO6S/c1-21-13-8-11(9-14(22-2)16(13)23-3)4-5-15(18)17-12-6-7-24(19,20)10-12/h4-5,8-9,12H,6-7,10H2,1-3H3,(H,17,18)/b5-4+. The van der Waals surface area contributed by atoms with Gasteiger partial charge in [-0.2, -0.15) is 0 Å². The second-order valence-electron chi connectivity index (χ2n) is 5.40. The molecular weight excluding hydrogens is 334 g/mol. The highest BCUT2D eigenvalue weighted by molar-refractivity contribution is 7.91. The number of methoxy groups -OCH3 is 3. The van der Waals surface area contributed by atoms with Gasteiger partial charge in [0, 0.05) is 12.1 Å². The Hall–Kier alpha value is -2.22. The number of ether oxygens (including phenoxy) is 3. The van der Waals surface area contributed by atoms with Gasteiger partial charge < -0.3 is 19.5 Å². The fourth-order valence-corrected chi connectivity index (χ4v) is 4.20. The Balaban J connectivity index is 2.09. The molecule has 0 aliphatic carbocycles. The van der Waals surface area contributed by atoms with Gasteiger partial charge in [-0.1, -0.05) is 0 Å². The van der Waals surface area contributed by atoms with Crippen LogP contribution in [0.5, 0.6) is 17.2 Å². The van der Waals surface area contributed by atoms with Gasteiger partial charge in [0.25, 0.3) is 0 Å². The van der Waals surface area contributed by atoms with Crippen LogP contribution in [-0.2, 0) is 14.6 Å². The second kappa shape index (κ2) is 7.57. The molecular formula is C16H21NO6S. The summed E-state index contributed by atoms with van der Waals surface area (Å²) in [6.45, 7) is 0. The zero-order valence-electron chi connectivity index (χ0n) is 13.9. The summed E-state index contributed by atoms with van der Waals surface area (Å²) < 4.78 is 38.5. The van der Waals surface area contributed by atoms with Crippen LogP contribution in [0.25, 0.3) is 6.08 Å². The molecule has 0 bridgehead atoms. The molecule has 1 atom stereocenters. The van der Waals surface area contributed by atoms with Crippen LogP contribution in [0.1, 0.15) is 12.0 Å². The molecule has 1 aliphatic heterocycles. The van der Waals surface area contributed by atoms with Crippen LogP contribution in [0, 0.1) is 0 Å². The van der Waals surface area contributed by atoms with Crippen molar-refractivity contribution in [3.8, 4) is 17.2 Å². The third-order valence-corrected chi connectivity index (χ3v) is 5.46. The van der Waals surface area contributed by atoms with Gasteiger partial charge in [0.2, 0.25) is 11.7 Å². The van der Waals surface area contributed by atoms with Crippen LogP contribution in [-0.4, -0.2) is 53.2 Å². The maximum absolute atomic E-state index is 11.9. The van der Waals surface area contributed by atoms with Gasteiger partial charge in [-0.15, -0.1) is 0 Å². The van der Waals surface area contributed by atoms with E-state index in [2.05, 4.69) is 5.32 Å². The summed E-state index contributed by atoms with van der Waals surface area (Å²) in [5.74, 6) is 1.21. The van der Waals surface area contributed by atoms with Crippen molar-refractivity contribution in [3.63, 3.8) is 0 Å². The van der Waals surface area contributed by atoms with Gasteiger partial charge in [0.15, 0.2) is 21.3 Å². The van der Waals surface area contributed by atoms with Crippen LogP contribution in [0.4, 0.5) is 0 Å². The second-order valence-corrected chi connectivity index (χ2v) is 7.63. The van der Waals surface area contributed by atoms with Crippen LogP contribution < -0.4 is 19.5 Å². The van der Waals surface area contributed by atoms with Gasteiger partial charge in [-0.05, 0) is 30.2 Å². The number of benzene rings is 1. The fraction of sp³-hybridized carbons (Fsp3) is 0.438. The topological polar surface area (TPSA) is 90.9 Å². The third-order valence-electron chi connectivity index (χ3n) is 3.69. The molecule has 1 unspecified atom stereocenters. The first-order valence-corrected chi connectivity index (χ1v) is 9.19. The number of rotatable bonds is 6. The molecule has 0 saturated carbocycles. The normalized spacial score (nSPS) is 19.2. The smallest absolute Gasteiger partial charge is 0.244 e. The predicted octanol–water partition coefficient (Wildman–Crippen LogP) is 1.03. The van der Waals surface area contributed by atoms with E-state index in [4.69, 9.17) is 14.2 Å². The van der Waals surface area contributed by atoms with Crippen LogP contribution >= 0.6 is 0 Å². The van der Waals surface area contributed by atoms with Crippen LogP contribution in [0.15, 0.2) is 18.2 Å². The van der Waals surface area contributed by atoms with E-state index < -0.39 is 9.84 Å². The summed E-state index contributed by atoms with van der Waals surface area (Å²) in [4.78, 5) is 11.9. The predicted molar refractivity (Wildman–Crippen MR) is 90.3 cm³/mol. The number of hydrogen-bond donors (Lipinski definition) is 1. The van der Waals surface area contributed by atoms with Crippen molar-refractivity contribution in [2.75, 3.05) is 32.8 Å². The maximum atomic E-state index is 11.9. The summed E-state index contributed by atoms with van der Waals surface area (Å²) in [7, 11) is 1.52. The lowest BCUT2D eigenvalue weighted by molar-refractivity contribution is -0.116. The SMILES string of the molecule is COc1cc(/C=C/C(=O)NC2CCS(=O)(=O)C2)cc(OC)c1OC. The first-order chi connectivity index (χ1) is 11.4. The van der Waals surface area contributed by atoms with Crippen molar-refractivity contribution in [1.82, 2.24) is 5.32 Å². The quantitative estimate of drug-likeness (QED) is 0.767. The molecule has 1 aromatic carbocycles. The number of hydrogen-bond acceptors (Lipinski definition) is 6. The molecule has 1 amide bonds. The summed E-state index contributed by atoms with van der Waals surface area (Å²) in [6.07, 6.45) is 3.40. The molecule has 0 spiro atoms. The lowest BCUT2D eigenvalue weighted by atomic mass is 10.1. The minimum Gasteiger partial charge on any atom is -0.493 e. The van der Waals surface area contributed by atoms with E-state index in [9.17, 15) is 13.2 Å². The third kappa shape index (κ3) is 4.41. The van der Waals surface area contributed by atoms with Crippen molar-refractivity contribution in [2.24, 2.45) is 0 Å². The van der Waals surface area contributed by atoms with Crippen molar-refractivity contribution in [3.05, 3.63) is 23.8 Å². The van der Waals surface area contributed by atoms with Crippen LogP contribution in [0.3, 0.4) is 0 Å². The highest BCUT2D eigenvalue weighted by Crippen LogP contribution is 2.38. The molecule has 1 aromatic rings. The summed E-state index contributed by atoms with van der Waals surface area (Å²) in [5, 5.41) is 2.69. The Kier molecular flexibility index (Phi) is 5.71. The van der Waals surface area contributed by atoms with E-state index in [1.54, 1.807) is 18.2 Å². The lowest BCUT2D eigenvalue weighted by Gasteiger charge is -2.13. The Morgan fingerprint density at radius 1 is 1.17 bits per heavy atom. The zero-order chi connectivity index (χ0) is 17.7. The maximum Gasteiger partial charge on any atom is 0.244 e. The Bertz CT molecular complexity index is 716. The highest BCUT2D eigenvalue weighted by atomic mass is 32.2. The number of amides is 1. The van der Waals surface area contributed by atoms with Gasteiger partial charge in [-0.25, -0.2) is 8.42 Å². The highest BCUT2D eigenvalue weighted by Gasteiger charge is 2.28. The molecule has 24 heavy (non-hydrogen) atoms. The molecule has 1 N–H and O–H groups in total. The first-order valence-electron chi connectivity index (χ1n) is 7.37. The van der Waals surface area contributed by atoms with Gasteiger partial charge in [0.1, 0.15) is 0 Å². The number of nitrogens with one attached hydrogen (secondary N) is 1. The number of carbonyl (C=O) groups excluding carboxylic acids is 1.